The van der Waals surface area contributed by atoms with E-state index in [0.717, 1.165) is 5.56 Å². The first kappa shape index (κ1) is 18.8. The normalized spacial score (nSPS) is 9.35. The third-order valence-corrected chi connectivity index (χ3v) is 3.39. The molecular weight excluding hydrogens is 328 g/mol. The lowest BCUT2D eigenvalue weighted by molar-refractivity contribution is 0.0997. The quantitative estimate of drug-likeness (QED) is 0.493. The van der Waals surface area contributed by atoms with Crippen molar-refractivity contribution in [2.45, 2.75) is 19.4 Å². The van der Waals surface area contributed by atoms with E-state index in [1.165, 1.54) is 0 Å². The summed E-state index contributed by atoms with van der Waals surface area (Å²) in [5.74, 6) is 5.65. The van der Waals surface area contributed by atoms with Crippen molar-refractivity contribution in [3.8, 4) is 17.9 Å². The van der Waals surface area contributed by atoms with Crippen molar-refractivity contribution in [2.75, 3.05) is 6.54 Å². The zero-order valence-corrected chi connectivity index (χ0v) is 14.2. The number of nitriles is 1. The lowest BCUT2D eigenvalue weighted by atomic mass is 10.1. The Morgan fingerprint density at radius 3 is 2.65 bits per heavy atom. The van der Waals surface area contributed by atoms with Gasteiger partial charge in [0.15, 0.2) is 5.78 Å². The maximum absolute atomic E-state index is 11.7. The first-order valence-electron chi connectivity index (χ1n) is 8.12. The number of ether oxygens (including phenoxy) is 1. The topological polar surface area (TPSA) is 79.2 Å². The molecule has 26 heavy (non-hydrogen) atoms. The van der Waals surface area contributed by atoms with Gasteiger partial charge < -0.3 is 10.1 Å². The third-order valence-electron chi connectivity index (χ3n) is 3.39. The van der Waals surface area contributed by atoms with Crippen LogP contribution in [0.4, 0.5) is 4.79 Å². The van der Waals surface area contributed by atoms with E-state index in [1.54, 1.807) is 24.3 Å². The molecule has 0 aliphatic carbocycles. The maximum atomic E-state index is 11.7. The number of ketones is 1. The molecule has 1 amide bonds. The van der Waals surface area contributed by atoms with Gasteiger partial charge in [0.1, 0.15) is 6.61 Å². The number of carbonyl (C=O) groups excluding carboxylic acids is 2. The molecule has 0 aliphatic heterocycles. The van der Waals surface area contributed by atoms with Crippen LogP contribution in [0.2, 0.25) is 0 Å². The number of alkyl carbamates (subject to hydrolysis) is 1. The Kier molecular flexibility index (Phi) is 7.45. The second-order valence-corrected chi connectivity index (χ2v) is 5.38. The van der Waals surface area contributed by atoms with E-state index >= 15 is 0 Å². The van der Waals surface area contributed by atoms with Crippen molar-refractivity contribution in [3.05, 3.63) is 71.3 Å². The fourth-order valence-corrected chi connectivity index (χ4v) is 2.11. The largest absolute Gasteiger partial charge is 0.445 e. The lowest BCUT2D eigenvalue weighted by Crippen LogP contribution is -2.24. The smallest absolute Gasteiger partial charge is 0.407 e. The highest BCUT2D eigenvalue weighted by Crippen LogP contribution is 2.07. The minimum atomic E-state index is -0.486. The number of benzene rings is 2. The molecule has 130 valence electrons. The first-order valence-corrected chi connectivity index (χ1v) is 8.12. The fourth-order valence-electron chi connectivity index (χ4n) is 2.11. The highest BCUT2D eigenvalue weighted by molar-refractivity contribution is 5.97. The van der Waals surface area contributed by atoms with E-state index < -0.39 is 6.09 Å². The van der Waals surface area contributed by atoms with Gasteiger partial charge >= 0.3 is 6.09 Å². The fraction of sp³-hybridized carbons (Fsp3) is 0.190. The molecule has 5 nitrogen and oxygen atoms in total. The molecule has 2 aromatic rings. The van der Waals surface area contributed by atoms with Crippen LogP contribution >= 0.6 is 0 Å². The number of rotatable bonds is 6. The molecular formula is C21H18N2O3. The average Bonchev–Trinajstić information content (AvgIpc) is 2.67. The third kappa shape index (κ3) is 6.51. The van der Waals surface area contributed by atoms with Crippen LogP contribution < -0.4 is 5.32 Å². The molecule has 0 aliphatic rings. The molecule has 0 heterocycles. The molecule has 2 rings (SSSR count). The molecule has 0 fully saturated rings. The summed E-state index contributed by atoms with van der Waals surface area (Å²) < 4.78 is 5.10. The number of carbonyl (C=O) groups is 2. The molecule has 0 radical (unpaired) electrons. The number of nitrogens with zero attached hydrogens (tertiary/aromatic N) is 1. The Bertz CT molecular complexity index is 858. The predicted molar refractivity (Wildman–Crippen MR) is 97.1 cm³/mol. The highest BCUT2D eigenvalue weighted by atomic mass is 16.5. The zero-order chi connectivity index (χ0) is 18.6. The van der Waals surface area contributed by atoms with Crippen molar-refractivity contribution in [1.82, 2.24) is 5.32 Å². The summed E-state index contributed by atoms with van der Waals surface area (Å²) in [6.45, 7) is 0.593. The number of hydrogen-bond donors (Lipinski definition) is 1. The maximum Gasteiger partial charge on any atom is 0.407 e. The summed E-state index contributed by atoms with van der Waals surface area (Å²) in [7, 11) is 0. The van der Waals surface area contributed by atoms with Crippen molar-refractivity contribution >= 4 is 11.9 Å². The van der Waals surface area contributed by atoms with Gasteiger partial charge in [-0.2, -0.15) is 5.26 Å². The Hall–Kier alpha value is -3.57. The number of Topliss-reactive ketones (excluding diaryl/α,β-unsaturated/α-hetero) is 1. The van der Waals surface area contributed by atoms with Crippen LogP contribution in [-0.2, 0) is 11.3 Å². The number of amides is 1. The molecule has 2 aromatic carbocycles. The van der Waals surface area contributed by atoms with Gasteiger partial charge in [-0.1, -0.05) is 54.3 Å². The van der Waals surface area contributed by atoms with E-state index in [4.69, 9.17) is 10.00 Å². The van der Waals surface area contributed by atoms with E-state index in [1.807, 2.05) is 36.4 Å². The van der Waals surface area contributed by atoms with Crippen LogP contribution in [-0.4, -0.2) is 18.4 Å². The molecule has 0 atom stereocenters. The Morgan fingerprint density at radius 1 is 1.08 bits per heavy atom. The SMILES string of the molecule is N#CCC(=O)c1cccc(C#CCCNC(=O)OCc2ccccc2)c1. The first-order chi connectivity index (χ1) is 12.7. The molecule has 0 saturated carbocycles. The van der Waals surface area contributed by atoms with Gasteiger partial charge in [-0.3, -0.25) is 4.79 Å². The Labute approximate surface area is 152 Å². The summed E-state index contributed by atoms with van der Waals surface area (Å²) in [5, 5.41) is 11.2. The van der Waals surface area contributed by atoms with Gasteiger partial charge in [0.2, 0.25) is 0 Å². The lowest BCUT2D eigenvalue weighted by Gasteiger charge is -2.05. The van der Waals surface area contributed by atoms with Crippen LogP contribution in [0.5, 0.6) is 0 Å². The van der Waals surface area contributed by atoms with Crippen LogP contribution in [0.25, 0.3) is 0 Å². The average molecular weight is 346 g/mol. The van der Waals surface area contributed by atoms with E-state index in [2.05, 4.69) is 17.2 Å². The van der Waals surface area contributed by atoms with Crippen LogP contribution in [0.1, 0.15) is 34.3 Å². The van der Waals surface area contributed by atoms with Crippen molar-refractivity contribution in [3.63, 3.8) is 0 Å². The Balaban J connectivity index is 1.73. The Morgan fingerprint density at radius 2 is 1.88 bits per heavy atom. The molecule has 1 N–H and O–H groups in total. The summed E-state index contributed by atoms with van der Waals surface area (Å²) in [5.41, 5.74) is 2.09. The molecule has 5 heteroatoms. The van der Waals surface area contributed by atoms with Gasteiger partial charge in [0.25, 0.3) is 0 Å². The zero-order valence-electron chi connectivity index (χ0n) is 14.2. The van der Waals surface area contributed by atoms with Gasteiger partial charge in [0, 0.05) is 24.1 Å². The van der Waals surface area contributed by atoms with Gasteiger partial charge in [0.05, 0.1) is 12.5 Å². The minimum absolute atomic E-state index is 0.147. The molecule has 0 bridgehead atoms. The van der Waals surface area contributed by atoms with Gasteiger partial charge in [-0.25, -0.2) is 4.79 Å². The van der Waals surface area contributed by atoms with E-state index in [0.29, 0.717) is 24.1 Å². The standard InChI is InChI=1S/C21H18N2O3/c22-13-12-20(24)19-11-6-10-17(15-19)7-4-5-14-23-21(25)26-16-18-8-2-1-3-9-18/h1-3,6,8-11,15H,5,12,14,16H2,(H,23,25). The highest BCUT2D eigenvalue weighted by Gasteiger charge is 2.04. The van der Waals surface area contributed by atoms with Gasteiger partial charge in [-0.15, -0.1) is 0 Å². The second-order valence-electron chi connectivity index (χ2n) is 5.38. The molecule has 0 spiro atoms. The van der Waals surface area contributed by atoms with Crippen LogP contribution in [0, 0.1) is 23.2 Å². The molecule has 0 saturated heterocycles. The van der Waals surface area contributed by atoms with Crippen LogP contribution in [0.3, 0.4) is 0 Å². The van der Waals surface area contributed by atoms with Gasteiger partial charge in [-0.05, 0) is 17.7 Å². The number of hydrogen-bond acceptors (Lipinski definition) is 4. The second kappa shape index (κ2) is 10.3. The van der Waals surface area contributed by atoms with Crippen molar-refractivity contribution < 1.29 is 14.3 Å². The van der Waals surface area contributed by atoms with Crippen LogP contribution in [0.15, 0.2) is 54.6 Å². The molecule has 0 aromatic heterocycles. The summed E-state index contributed by atoms with van der Waals surface area (Å²) in [6.07, 6.45) is -0.178. The number of nitrogens with one attached hydrogen (secondary N) is 1. The van der Waals surface area contributed by atoms with E-state index in [-0.39, 0.29) is 18.8 Å². The predicted octanol–water partition coefficient (Wildman–Crippen LogP) is 3.45. The van der Waals surface area contributed by atoms with Crippen molar-refractivity contribution in [2.24, 2.45) is 0 Å². The summed E-state index contributed by atoms with van der Waals surface area (Å²) in [4.78, 5) is 23.3. The monoisotopic (exact) mass is 346 g/mol. The summed E-state index contributed by atoms with van der Waals surface area (Å²) >= 11 is 0. The summed E-state index contributed by atoms with van der Waals surface area (Å²) in [6, 6.07) is 18.1. The molecule has 0 unspecified atom stereocenters. The van der Waals surface area contributed by atoms with E-state index in [9.17, 15) is 9.59 Å². The minimum Gasteiger partial charge on any atom is -0.445 e. The van der Waals surface area contributed by atoms with Crippen molar-refractivity contribution in [1.29, 1.82) is 5.26 Å².